The van der Waals surface area contributed by atoms with Crippen molar-refractivity contribution in [2.45, 2.75) is 45.9 Å². The predicted octanol–water partition coefficient (Wildman–Crippen LogP) is 4.24. The van der Waals surface area contributed by atoms with E-state index in [1.165, 1.54) is 0 Å². The minimum Gasteiger partial charge on any atom is -0.489 e. The maximum atomic E-state index is 12.8. The Morgan fingerprint density at radius 2 is 1.79 bits per heavy atom. The van der Waals surface area contributed by atoms with Crippen LogP contribution in [0.25, 0.3) is 0 Å². The second-order valence-corrected chi connectivity index (χ2v) is 7.01. The highest BCUT2D eigenvalue weighted by molar-refractivity contribution is 5.95. The van der Waals surface area contributed by atoms with Crippen LogP contribution in [0.2, 0.25) is 0 Å². The summed E-state index contributed by atoms with van der Waals surface area (Å²) in [6, 6.07) is 16.2. The minimum atomic E-state index is -0.660. The summed E-state index contributed by atoms with van der Waals surface area (Å²) < 4.78 is 11.6. The third-order valence-corrected chi connectivity index (χ3v) is 4.84. The molecule has 1 aliphatic heterocycles. The number of hydrogen-bond donors (Lipinski definition) is 2. The number of allylic oxidation sites excluding steroid dienone is 1. The molecular weight excluding hydrogens is 368 g/mol. The Kier molecular flexibility index (Phi) is 6.54. The van der Waals surface area contributed by atoms with E-state index in [0.717, 1.165) is 5.56 Å². The van der Waals surface area contributed by atoms with Gasteiger partial charge in [-0.3, -0.25) is 0 Å². The first-order valence-corrected chi connectivity index (χ1v) is 9.74. The Bertz CT molecular complexity index is 908. The average Bonchev–Trinajstić information content (AvgIpc) is 2.72. The largest absolute Gasteiger partial charge is 0.489 e. The summed E-state index contributed by atoms with van der Waals surface area (Å²) in [5, 5.41) is 5.50. The van der Waals surface area contributed by atoms with Gasteiger partial charge in [0.25, 0.3) is 0 Å². The molecule has 0 saturated heterocycles. The second kappa shape index (κ2) is 9.28. The van der Waals surface area contributed by atoms with E-state index >= 15 is 0 Å². The Labute approximate surface area is 170 Å². The molecule has 2 aromatic carbocycles. The summed E-state index contributed by atoms with van der Waals surface area (Å²) in [6.07, 6.45) is 0.491. The number of benzene rings is 2. The zero-order valence-electron chi connectivity index (χ0n) is 16.9. The van der Waals surface area contributed by atoms with E-state index in [4.69, 9.17) is 9.47 Å². The number of esters is 1. The fourth-order valence-electron chi connectivity index (χ4n) is 3.11. The Balaban J connectivity index is 1.91. The highest BCUT2D eigenvalue weighted by Gasteiger charge is 2.34. The third-order valence-electron chi connectivity index (χ3n) is 4.84. The van der Waals surface area contributed by atoms with Gasteiger partial charge in [-0.25, -0.2) is 9.59 Å². The van der Waals surface area contributed by atoms with Crippen molar-refractivity contribution in [1.29, 1.82) is 0 Å². The Morgan fingerprint density at radius 1 is 1.10 bits per heavy atom. The summed E-state index contributed by atoms with van der Waals surface area (Å²) in [6.45, 7) is 5.87. The van der Waals surface area contributed by atoms with E-state index in [1.54, 1.807) is 6.92 Å². The van der Waals surface area contributed by atoms with E-state index in [-0.39, 0.29) is 12.1 Å². The Morgan fingerprint density at radius 3 is 2.52 bits per heavy atom. The van der Waals surface area contributed by atoms with Crippen LogP contribution in [0.4, 0.5) is 4.79 Å². The fraction of sp³-hybridized carbons (Fsp3) is 0.304. The third kappa shape index (κ3) is 4.96. The van der Waals surface area contributed by atoms with Crippen LogP contribution in [0.15, 0.2) is 65.9 Å². The van der Waals surface area contributed by atoms with Crippen molar-refractivity contribution in [3.63, 3.8) is 0 Å². The molecule has 3 rings (SSSR count). The van der Waals surface area contributed by atoms with Crippen LogP contribution < -0.4 is 15.4 Å². The van der Waals surface area contributed by atoms with Crippen LogP contribution in [-0.4, -0.2) is 18.1 Å². The van der Waals surface area contributed by atoms with Gasteiger partial charge in [-0.2, -0.15) is 0 Å². The second-order valence-electron chi connectivity index (χ2n) is 7.01. The lowest BCUT2D eigenvalue weighted by molar-refractivity contribution is -0.144. The predicted molar refractivity (Wildman–Crippen MR) is 110 cm³/mol. The van der Waals surface area contributed by atoms with Crippen LogP contribution >= 0.6 is 0 Å². The van der Waals surface area contributed by atoms with Crippen LogP contribution in [0.1, 0.15) is 44.4 Å². The lowest BCUT2D eigenvalue weighted by Gasteiger charge is -2.29. The number of hydrogen-bond acceptors (Lipinski definition) is 4. The van der Waals surface area contributed by atoms with Gasteiger partial charge < -0.3 is 20.1 Å². The van der Waals surface area contributed by atoms with E-state index in [9.17, 15) is 9.59 Å². The molecule has 0 fully saturated rings. The molecule has 2 N–H and O–H groups in total. The summed E-state index contributed by atoms with van der Waals surface area (Å²) in [5.74, 6) is 0.150. The summed E-state index contributed by atoms with van der Waals surface area (Å²) in [5.41, 5.74) is 2.58. The number of para-hydroxylation sites is 1. The normalized spacial score (nSPS) is 17.2. The molecule has 0 radical (unpaired) electrons. The van der Waals surface area contributed by atoms with Crippen LogP contribution in [0.5, 0.6) is 5.75 Å². The molecule has 0 aliphatic carbocycles. The zero-order chi connectivity index (χ0) is 20.8. The first-order valence-electron chi connectivity index (χ1n) is 9.74. The molecule has 0 aromatic heterocycles. The van der Waals surface area contributed by atoms with Gasteiger partial charge in [0.05, 0.1) is 17.7 Å². The highest BCUT2D eigenvalue weighted by Crippen LogP contribution is 2.34. The number of urea groups is 1. The minimum absolute atomic E-state index is 0.217. The van der Waals surface area contributed by atoms with Crippen LogP contribution in [0.3, 0.4) is 0 Å². The fourth-order valence-corrected chi connectivity index (χ4v) is 3.11. The summed E-state index contributed by atoms with van der Waals surface area (Å²) in [4.78, 5) is 25.0. The van der Waals surface area contributed by atoms with Crippen molar-refractivity contribution in [3.05, 3.63) is 77.0 Å². The quantitative estimate of drug-likeness (QED) is 0.689. The number of amides is 2. The van der Waals surface area contributed by atoms with Crippen molar-refractivity contribution >= 4 is 12.0 Å². The van der Waals surface area contributed by atoms with Crippen LogP contribution in [-0.2, 0) is 16.1 Å². The zero-order valence-corrected chi connectivity index (χ0v) is 16.9. The molecule has 0 saturated carbocycles. The molecule has 6 nitrogen and oxygen atoms in total. The maximum Gasteiger partial charge on any atom is 0.338 e. The molecule has 2 amide bonds. The van der Waals surface area contributed by atoms with Gasteiger partial charge in [0.15, 0.2) is 0 Å². The molecule has 2 atom stereocenters. The van der Waals surface area contributed by atoms with Crippen molar-refractivity contribution in [2.75, 3.05) is 0 Å². The standard InChI is InChI=1S/C23H26N2O4/c1-4-15(2)29-22(26)20-16(3)24-23(27)25-21(20)18-12-8-9-13-19(18)28-14-17-10-6-5-7-11-17/h5-13,15,21H,4,14H2,1-3H3,(H2,24,25,27)/t15-,21-/m0/s1. The Hall–Kier alpha value is -3.28. The monoisotopic (exact) mass is 394 g/mol. The average molecular weight is 394 g/mol. The molecule has 0 spiro atoms. The number of carbonyl (C=O) groups is 2. The van der Waals surface area contributed by atoms with Crippen LogP contribution in [0, 0.1) is 0 Å². The van der Waals surface area contributed by atoms with Crippen molar-refractivity contribution < 1.29 is 19.1 Å². The highest BCUT2D eigenvalue weighted by atomic mass is 16.5. The van der Waals surface area contributed by atoms with E-state index in [2.05, 4.69) is 10.6 Å². The molecular formula is C23H26N2O4. The SMILES string of the molecule is CC[C@H](C)OC(=O)C1=C(C)NC(=O)N[C@H]1c1ccccc1OCc1ccccc1. The topological polar surface area (TPSA) is 76.7 Å². The summed E-state index contributed by atoms with van der Waals surface area (Å²) in [7, 11) is 0. The number of nitrogens with one attached hydrogen (secondary N) is 2. The number of carbonyl (C=O) groups excluding carboxylic acids is 2. The van der Waals surface area contributed by atoms with Gasteiger partial charge in [-0.15, -0.1) is 0 Å². The van der Waals surface area contributed by atoms with Crippen molar-refractivity contribution in [2.24, 2.45) is 0 Å². The lowest BCUT2D eigenvalue weighted by Crippen LogP contribution is -2.45. The van der Waals surface area contributed by atoms with E-state index in [0.29, 0.717) is 35.6 Å². The van der Waals surface area contributed by atoms with Gasteiger partial charge in [0.2, 0.25) is 0 Å². The first-order chi connectivity index (χ1) is 14.0. The molecule has 6 heteroatoms. The van der Waals surface area contributed by atoms with Gasteiger partial charge in [-0.1, -0.05) is 55.5 Å². The maximum absolute atomic E-state index is 12.8. The van der Waals surface area contributed by atoms with E-state index in [1.807, 2.05) is 68.4 Å². The smallest absolute Gasteiger partial charge is 0.338 e. The van der Waals surface area contributed by atoms with Gasteiger partial charge in [-0.05, 0) is 31.9 Å². The molecule has 2 aromatic rings. The van der Waals surface area contributed by atoms with Gasteiger partial charge in [0.1, 0.15) is 12.4 Å². The van der Waals surface area contributed by atoms with Gasteiger partial charge >= 0.3 is 12.0 Å². The van der Waals surface area contributed by atoms with E-state index < -0.39 is 12.0 Å². The van der Waals surface area contributed by atoms with Crippen molar-refractivity contribution in [3.8, 4) is 5.75 Å². The molecule has 1 aliphatic rings. The number of rotatable bonds is 7. The summed E-state index contributed by atoms with van der Waals surface area (Å²) >= 11 is 0. The lowest BCUT2D eigenvalue weighted by atomic mass is 9.94. The van der Waals surface area contributed by atoms with Gasteiger partial charge in [0, 0.05) is 11.3 Å². The number of ether oxygens (including phenoxy) is 2. The molecule has 29 heavy (non-hydrogen) atoms. The molecule has 152 valence electrons. The molecule has 1 heterocycles. The van der Waals surface area contributed by atoms with Crippen molar-refractivity contribution in [1.82, 2.24) is 10.6 Å². The first kappa shape index (κ1) is 20.5. The molecule has 0 bridgehead atoms. The molecule has 0 unspecified atom stereocenters.